The largest absolute Gasteiger partial charge is 0.363 e. The summed E-state index contributed by atoms with van der Waals surface area (Å²) in [5.41, 5.74) is 0.811. The first-order valence-electron chi connectivity index (χ1n) is 5.87. The van der Waals surface area contributed by atoms with Crippen molar-refractivity contribution in [1.82, 2.24) is 4.98 Å². The Morgan fingerprint density at radius 2 is 2.05 bits per heavy atom. The van der Waals surface area contributed by atoms with Crippen LogP contribution in [0.15, 0.2) is 41.0 Å². The van der Waals surface area contributed by atoms with E-state index >= 15 is 0 Å². The number of nitrogens with one attached hydrogen (secondary N) is 1. The lowest BCUT2D eigenvalue weighted by molar-refractivity contribution is 0.102. The van der Waals surface area contributed by atoms with E-state index in [0.717, 1.165) is 5.82 Å². The van der Waals surface area contributed by atoms with Crippen LogP contribution in [0, 0.1) is 5.82 Å². The summed E-state index contributed by atoms with van der Waals surface area (Å²) < 4.78 is 13.7. The van der Waals surface area contributed by atoms with E-state index < -0.39 is 5.82 Å². The van der Waals surface area contributed by atoms with E-state index in [4.69, 9.17) is 0 Å². The minimum atomic E-state index is -0.473. The van der Waals surface area contributed by atoms with Crippen LogP contribution in [0.4, 0.5) is 15.9 Å². The highest BCUT2D eigenvalue weighted by Gasteiger charge is 2.09. The number of anilines is 2. The van der Waals surface area contributed by atoms with Gasteiger partial charge in [0.2, 0.25) is 0 Å². The molecular weight excluding hydrogens is 325 g/mol. The summed E-state index contributed by atoms with van der Waals surface area (Å²) in [5, 5.41) is 2.67. The predicted octanol–water partition coefficient (Wildman–Crippen LogP) is 3.30. The Hall–Kier alpha value is -1.95. The van der Waals surface area contributed by atoms with Gasteiger partial charge in [-0.2, -0.15) is 0 Å². The number of benzene rings is 1. The Morgan fingerprint density at radius 3 is 2.60 bits per heavy atom. The third kappa shape index (κ3) is 3.33. The van der Waals surface area contributed by atoms with Crippen LogP contribution in [0.2, 0.25) is 0 Å². The summed E-state index contributed by atoms with van der Waals surface area (Å²) in [4.78, 5) is 18.0. The average Bonchev–Trinajstić information content (AvgIpc) is 2.42. The molecule has 0 aliphatic carbocycles. The SMILES string of the molecule is CN(C)c1ccc(NC(=O)c2ccc(Br)c(F)c2)cn1. The zero-order chi connectivity index (χ0) is 14.7. The maximum absolute atomic E-state index is 13.4. The van der Waals surface area contributed by atoms with Gasteiger partial charge in [0.1, 0.15) is 11.6 Å². The van der Waals surface area contributed by atoms with Gasteiger partial charge >= 0.3 is 0 Å². The van der Waals surface area contributed by atoms with Crippen LogP contribution in [-0.2, 0) is 0 Å². The Balaban J connectivity index is 2.12. The number of hydrogen-bond acceptors (Lipinski definition) is 3. The van der Waals surface area contributed by atoms with Gasteiger partial charge in [-0.3, -0.25) is 4.79 Å². The van der Waals surface area contributed by atoms with Crippen molar-refractivity contribution in [3.05, 3.63) is 52.4 Å². The zero-order valence-corrected chi connectivity index (χ0v) is 12.6. The number of nitrogens with zero attached hydrogens (tertiary/aromatic N) is 2. The number of rotatable bonds is 3. The number of carbonyl (C=O) groups is 1. The molecule has 0 fully saturated rings. The molecule has 0 spiro atoms. The van der Waals surface area contributed by atoms with Crippen molar-refractivity contribution < 1.29 is 9.18 Å². The molecule has 0 saturated heterocycles. The first-order valence-corrected chi connectivity index (χ1v) is 6.66. The number of carbonyl (C=O) groups excluding carboxylic acids is 1. The predicted molar refractivity (Wildman–Crippen MR) is 80.6 cm³/mol. The molecular formula is C14H13BrFN3O. The van der Waals surface area contributed by atoms with Gasteiger partial charge < -0.3 is 10.2 Å². The van der Waals surface area contributed by atoms with E-state index in [0.29, 0.717) is 10.2 Å². The lowest BCUT2D eigenvalue weighted by Crippen LogP contribution is -2.14. The summed E-state index contributed by atoms with van der Waals surface area (Å²) in [7, 11) is 3.76. The molecule has 104 valence electrons. The van der Waals surface area contributed by atoms with Gasteiger partial charge in [-0.15, -0.1) is 0 Å². The van der Waals surface area contributed by atoms with Gasteiger partial charge in [0, 0.05) is 19.7 Å². The number of pyridine rings is 1. The van der Waals surface area contributed by atoms with Gasteiger partial charge in [0.05, 0.1) is 16.4 Å². The fraction of sp³-hybridized carbons (Fsp3) is 0.143. The lowest BCUT2D eigenvalue weighted by Gasteiger charge is -2.11. The molecule has 2 rings (SSSR count). The molecule has 1 aromatic heterocycles. The van der Waals surface area contributed by atoms with Crippen molar-refractivity contribution >= 4 is 33.3 Å². The summed E-state index contributed by atoms with van der Waals surface area (Å²) in [6.45, 7) is 0. The Labute approximate surface area is 124 Å². The molecule has 6 heteroatoms. The van der Waals surface area contributed by atoms with Crippen LogP contribution < -0.4 is 10.2 Å². The second-order valence-corrected chi connectivity index (χ2v) is 5.24. The quantitative estimate of drug-likeness (QED) is 0.934. The van der Waals surface area contributed by atoms with Crippen LogP contribution in [0.5, 0.6) is 0 Å². The van der Waals surface area contributed by atoms with Crippen molar-refractivity contribution in [2.24, 2.45) is 0 Å². The number of amides is 1. The molecule has 1 amide bonds. The van der Waals surface area contributed by atoms with Crippen LogP contribution in [-0.4, -0.2) is 25.0 Å². The fourth-order valence-electron chi connectivity index (χ4n) is 1.57. The molecule has 1 aromatic carbocycles. The normalized spacial score (nSPS) is 10.2. The maximum Gasteiger partial charge on any atom is 0.255 e. The van der Waals surface area contributed by atoms with Crippen molar-refractivity contribution in [2.45, 2.75) is 0 Å². The fourth-order valence-corrected chi connectivity index (χ4v) is 1.81. The van der Waals surface area contributed by atoms with Crippen molar-refractivity contribution in [3.63, 3.8) is 0 Å². The van der Waals surface area contributed by atoms with E-state index in [1.165, 1.54) is 12.1 Å². The van der Waals surface area contributed by atoms with Crippen LogP contribution in [0.3, 0.4) is 0 Å². The molecule has 0 bridgehead atoms. The van der Waals surface area contributed by atoms with E-state index in [-0.39, 0.29) is 11.5 Å². The molecule has 1 N–H and O–H groups in total. The molecule has 0 atom stereocenters. The molecule has 2 aromatic rings. The lowest BCUT2D eigenvalue weighted by atomic mass is 10.2. The van der Waals surface area contributed by atoms with Gasteiger partial charge in [0.15, 0.2) is 0 Å². The summed E-state index contributed by atoms with van der Waals surface area (Å²) in [6.07, 6.45) is 1.56. The first kappa shape index (κ1) is 14.5. The molecule has 0 unspecified atom stereocenters. The Bertz CT molecular complexity index is 629. The van der Waals surface area contributed by atoms with E-state index in [2.05, 4.69) is 26.2 Å². The molecule has 0 saturated carbocycles. The monoisotopic (exact) mass is 337 g/mol. The first-order chi connectivity index (χ1) is 9.47. The standard InChI is InChI=1S/C14H13BrFN3O/c1-19(2)13-6-4-10(8-17-13)18-14(20)9-3-5-11(15)12(16)7-9/h3-8H,1-2H3,(H,18,20). The molecule has 4 nitrogen and oxygen atoms in total. The topological polar surface area (TPSA) is 45.2 Å². The third-order valence-electron chi connectivity index (χ3n) is 2.65. The maximum atomic E-state index is 13.4. The zero-order valence-electron chi connectivity index (χ0n) is 11.0. The highest BCUT2D eigenvalue weighted by molar-refractivity contribution is 9.10. The molecule has 1 heterocycles. The highest BCUT2D eigenvalue weighted by atomic mass is 79.9. The Morgan fingerprint density at radius 1 is 1.30 bits per heavy atom. The van der Waals surface area contributed by atoms with Crippen LogP contribution >= 0.6 is 15.9 Å². The average molecular weight is 338 g/mol. The third-order valence-corrected chi connectivity index (χ3v) is 3.29. The number of halogens is 2. The smallest absolute Gasteiger partial charge is 0.255 e. The minimum Gasteiger partial charge on any atom is -0.363 e. The molecule has 0 radical (unpaired) electrons. The minimum absolute atomic E-state index is 0.252. The second kappa shape index (κ2) is 6.00. The van der Waals surface area contributed by atoms with Crippen molar-refractivity contribution in [1.29, 1.82) is 0 Å². The van der Waals surface area contributed by atoms with E-state index in [1.807, 2.05) is 19.0 Å². The van der Waals surface area contributed by atoms with Gasteiger partial charge in [-0.05, 0) is 46.3 Å². The number of hydrogen-bond donors (Lipinski definition) is 1. The van der Waals surface area contributed by atoms with Gasteiger partial charge in [-0.25, -0.2) is 9.37 Å². The van der Waals surface area contributed by atoms with Gasteiger partial charge in [-0.1, -0.05) is 0 Å². The van der Waals surface area contributed by atoms with E-state index in [9.17, 15) is 9.18 Å². The van der Waals surface area contributed by atoms with Crippen molar-refractivity contribution in [2.75, 3.05) is 24.3 Å². The highest BCUT2D eigenvalue weighted by Crippen LogP contribution is 2.18. The molecule has 0 aliphatic heterocycles. The second-order valence-electron chi connectivity index (χ2n) is 4.38. The van der Waals surface area contributed by atoms with Crippen LogP contribution in [0.1, 0.15) is 10.4 Å². The Kier molecular flexibility index (Phi) is 4.34. The van der Waals surface area contributed by atoms with Crippen LogP contribution in [0.25, 0.3) is 0 Å². The van der Waals surface area contributed by atoms with E-state index in [1.54, 1.807) is 24.4 Å². The molecule has 20 heavy (non-hydrogen) atoms. The van der Waals surface area contributed by atoms with Crippen molar-refractivity contribution in [3.8, 4) is 0 Å². The summed E-state index contributed by atoms with van der Waals surface area (Å²) >= 11 is 3.05. The van der Waals surface area contributed by atoms with Gasteiger partial charge in [0.25, 0.3) is 5.91 Å². The number of aromatic nitrogens is 1. The molecule has 0 aliphatic rings. The summed E-state index contributed by atoms with van der Waals surface area (Å²) in [6, 6.07) is 7.76. The summed E-state index contributed by atoms with van der Waals surface area (Å²) in [5.74, 6) is -0.0628.